The van der Waals surface area contributed by atoms with Crippen LogP contribution in [-0.4, -0.2) is 33.9 Å². The van der Waals surface area contributed by atoms with Crippen molar-refractivity contribution in [3.63, 3.8) is 0 Å². The molecule has 35 heavy (non-hydrogen) atoms. The van der Waals surface area contributed by atoms with Crippen LogP contribution < -0.4 is 20.1 Å². The first-order valence-electron chi connectivity index (χ1n) is 11.3. The molecule has 9 heteroatoms. The summed E-state index contributed by atoms with van der Waals surface area (Å²) in [7, 11) is 0. The summed E-state index contributed by atoms with van der Waals surface area (Å²) in [6, 6.07) is 16.4. The molecule has 2 aliphatic heterocycles. The lowest BCUT2D eigenvalue weighted by Crippen LogP contribution is -2.31. The van der Waals surface area contributed by atoms with Gasteiger partial charge in [-0.25, -0.2) is 4.68 Å². The first-order valence-corrected chi connectivity index (χ1v) is 11.3. The van der Waals surface area contributed by atoms with E-state index in [9.17, 15) is 4.79 Å². The maximum atomic E-state index is 13.6. The highest BCUT2D eigenvalue weighted by atomic mass is 16.6. The predicted octanol–water partition coefficient (Wildman–Crippen LogP) is 4.55. The van der Waals surface area contributed by atoms with E-state index in [1.807, 2.05) is 56.3 Å². The largest absolute Gasteiger partial charge is 0.486 e. The van der Waals surface area contributed by atoms with Gasteiger partial charge < -0.3 is 24.5 Å². The second-order valence-corrected chi connectivity index (χ2v) is 8.47. The summed E-state index contributed by atoms with van der Waals surface area (Å²) >= 11 is 0. The Hall–Kier alpha value is -4.53. The molecule has 1 atom stereocenters. The molecule has 4 aromatic rings. The highest BCUT2D eigenvalue weighted by Gasteiger charge is 2.35. The van der Waals surface area contributed by atoms with Crippen LogP contribution in [0.4, 0.5) is 11.6 Å². The van der Waals surface area contributed by atoms with Gasteiger partial charge in [0, 0.05) is 11.4 Å². The molecule has 2 aromatic heterocycles. The van der Waals surface area contributed by atoms with Crippen molar-refractivity contribution in [1.82, 2.24) is 14.8 Å². The summed E-state index contributed by atoms with van der Waals surface area (Å²) in [6.07, 6.45) is 1.57. The van der Waals surface area contributed by atoms with Crippen molar-refractivity contribution in [2.24, 2.45) is 0 Å². The number of furan rings is 1. The van der Waals surface area contributed by atoms with Gasteiger partial charge in [0.05, 0.1) is 11.8 Å². The molecule has 2 aromatic carbocycles. The van der Waals surface area contributed by atoms with Gasteiger partial charge in [-0.2, -0.15) is 4.98 Å². The van der Waals surface area contributed by atoms with Crippen molar-refractivity contribution in [3.8, 4) is 23.1 Å². The molecule has 6 rings (SSSR count). The zero-order valence-electron chi connectivity index (χ0n) is 19.2. The van der Waals surface area contributed by atoms with E-state index in [0.717, 1.165) is 11.1 Å². The third kappa shape index (κ3) is 3.80. The number of aryl methyl sites for hydroxylation is 1. The van der Waals surface area contributed by atoms with Crippen LogP contribution in [0.3, 0.4) is 0 Å². The number of nitrogens with zero attached hydrogens (tertiary/aromatic N) is 3. The summed E-state index contributed by atoms with van der Waals surface area (Å²) in [4.78, 5) is 18.3. The van der Waals surface area contributed by atoms with E-state index < -0.39 is 6.04 Å². The predicted molar refractivity (Wildman–Crippen MR) is 129 cm³/mol. The standard InChI is InChI=1S/C26H23N5O4/c1-15-5-8-18(9-6-15)28-25(32)22-16(2)27-26-29-24(20-4-3-11-33-20)30-31(26)23(22)17-7-10-19-21(14-17)35-13-12-34-19/h3-11,14,23H,12-13H2,1-2H3,(H,28,32)(H,27,29,30). The van der Waals surface area contributed by atoms with Crippen LogP contribution in [0, 0.1) is 6.92 Å². The van der Waals surface area contributed by atoms with Crippen molar-refractivity contribution in [1.29, 1.82) is 0 Å². The van der Waals surface area contributed by atoms with Gasteiger partial charge in [-0.1, -0.05) is 23.8 Å². The van der Waals surface area contributed by atoms with Crippen LogP contribution in [0.15, 0.2) is 76.5 Å². The Bertz CT molecular complexity index is 1440. The molecular formula is C26H23N5O4. The van der Waals surface area contributed by atoms with Crippen molar-refractivity contribution in [2.75, 3.05) is 23.8 Å². The quantitative estimate of drug-likeness (QED) is 0.452. The summed E-state index contributed by atoms with van der Waals surface area (Å²) < 4.78 is 18.7. The molecule has 1 unspecified atom stereocenters. The number of allylic oxidation sites excluding steroid dienone is 1. The Balaban J connectivity index is 1.45. The van der Waals surface area contributed by atoms with Crippen molar-refractivity contribution in [3.05, 3.63) is 83.3 Å². The van der Waals surface area contributed by atoms with Gasteiger partial charge >= 0.3 is 0 Å². The molecule has 0 bridgehead atoms. The molecule has 4 heterocycles. The molecule has 2 aliphatic rings. The smallest absolute Gasteiger partial charge is 0.255 e. The van der Waals surface area contributed by atoms with Gasteiger partial charge in [-0.05, 0) is 55.8 Å². The number of carbonyl (C=O) groups is 1. The Morgan fingerprint density at radius 3 is 2.63 bits per heavy atom. The number of hydrogen-bond donors (Lipinski definition) is 2. The van der Waals surface area contributed by atoms with E-state index in [1.54, 1.807) is 23.1 Å². The van der Waals surface area contributed by atoms with Gasteiger partial charge in [0.15, 0.2) is 17.3 Å². The first-order chi connectivity index (χ1) is 17.1. The molecule has 2 N–H and O–H groups in total. The van der Waals surface area contributed by atoms with Gasteiger partial charge in [-0.15, -0.1) is 5.10 Å². The van der Waals surface area contributed by atoms with E-state index in [2.05, 4.69) is 15.6 Å². The number of rotatable bonds is 4. The van der Waals surface area contributed by atoms with Crippen LogP contribution in [0.25, 0.3) is 11.6 Å². The van der Waals surface area contributed by atoms with E-state index in [-0.39, 0.29) is 5.91 Å². The van der Waals surface area contributed by atoms with E-state index in [4.69, 9.17) is 19.0 Å². The number of fused-ring (bicyclic) bond motifs is 2. The molecule has 176 valence electrons. The van der Waals surface area contributed by atoms with Crippen LogP contribution in [0.5, 0.6) is 11.5 Å². The molecule has 0 saturated carbocycles. The summed E-state index contributed by atoms with van der Waals surface area (Å²) in [5.41, 5.74) is 3.85. The first kappa shape index (κ1) is 21.0. The molecule has 0 saturated heterocycles. The minimum Gasteiger partial charge on any atom is -0.486 e. The number of anilines is 2. The molecular weight excluding hydrogens is 446 g/mol. The van der Waals surface area contributed by atoms with Gasteiger partial charge in [0.2, 0.25) is 11.8 Å². The van der Waals surface area contributed by atoms with Crippen LogP contribution >= 0.6 is 0 Å². The summed E-state index contributed by atoms with van der Waals surface area (Å²) in [5, 5.41) is 11.0. The Morgan fingerprint density at radius 1 is 1.06 bits per heavy atom. The van der Waals surface area contributed by atoms with Crippen molar-refractivity contribution < 1.29 is 18.7 Å². The third-order valence-corrected chi connectivity index (χ3v) is 6.03. The average molecular weight is 470 g/mol. The van der Waals surface area contributed by atoms with Crippen molar-refractivity contribution in [2.45, 2.75) is 19.9 Å². The lowest BCUT2D eigenvalue weighted by molar-refractivity contribution is -0.113. The SMILES string of the molecule is CC1=C(C(=O)Nc2ccc(C)cc2)C(c2ccc3c(c2)OCCO3)n2nc(-c3ccco3)nc2N1. The van der Waals surface area contributed by atoms with E-state index >= 15 is 0 Å². The highest BCUT2D eigenvalue weighted by Crippen LogP contribution is 2.40. The number of ether oxygens (including phenoxy) is 2. The molecule has 0 spiro atoms. The zero-order valence-corrected chi connectivity index (χ0v) is 19.2. The normalized spacial score (nSPS) is 16.5. The second kappa shape index (κ2) is 8.35. The fraction of sp³-hybridized carbons (Fsp3) is 0.192. The average Bonchev–Trinajstić information content (AvgIpc) is 3.54. The number of benzene rings is 2. The van der Waals surface area contributed by atoms with E-state index in [1.165, 1.54) is 0 Å². The third-order valence-electron chi connectivity index (χ3n) is 6.03. The Kier molecular flexibility index (Phi) is 5.02. The number of hydrogen-bond acceptors (Lipinski definition) is 7. The lowest BCUT2D eigenvalue weighted by Gasteiger charge is -2.29. The van der Waals surface area contributed by atoms with E-state index in [0.29, 0.717) is 59.2 Å². The maximum Gasteiger partial charge on any atom is 0.255 e. The molecule has 0 radical (unpaired) electrons. The number of amides is 1. The topological polar surface area (TPSA) is 103 Å². The highest BCUT2D eigenvalue weighted by molar-refractivity contribution is 6.06. The molecule has 1 amide bonds. The van der Waals surface area contributed by atoms with Crippen LogP contribution in [0.1, 0.15) is 24.1 Å². The fourth-order valence-corrected chi connectivity index (χ4v) is 4.33. The van der Waals surface area contributed by atoms with Crippen LogP contribution in [0.2, 0.25) is 0 Å². The van der Waals surface area contributed by atoms with Crippen LogP contribution in [-0.2, 0) is 4.79 Å². The Morgan fingerprint density at radius 2 is 1.86 bits per heavy atom. The fourth-order valence-electron chi connectivity index (χ4n) is 4.33. The van der Waals surface area contributed by atoms with Gasteiger partial charge in [0.1, 0.15) is 19.3 Å². The number of aromatic nitrogens is 3. The minimum absolute atomic E-state index is 0.237. The summed E-state index contributed by atoms with van der Waals surface area (Å²) in [5.74, 6) is 2.55. The molecule has 0 aliphatic carbocycles. The summed E-state index contributed by atoms with van der Waals surface area (Å²) in [6.45, 7) is 4.84. The Labute approximate surface area is 201 Å². The molecule has 0 fully saturated rings. The van der Waals surface area contributed by atoms with Gasteiger partial charge in [-0.3, -0.25) is 4.79 Å². The maximum absolute atomic E-state index is 13.6. The molecule has 9 nitrogen and oxygen atoms in total. The zero-order chi connectivity index (χ0) is 23.9. The monoisotopic (exact) mass is 469 g/mol. The number of carbonyl (C=O) groups excluding carboxylic acids is 1. The van der Waals surface area contributed by atoms with Crippen molar-refractivity contribution >= 4 is 17.5 Å². The number of nitrogens with one attached hydrogen (secondary N) is 2. The minimum atomic E-state index is -0.552. The lowest BCUT2D eigenvalue weighted by atomic mass is 9.94. The second-order valence-electron chi connectivity index (χ2n) is 8.47. The van der Waals surface area contributed by atoms with Gasteiger partial charge in [0.25, 0.3) is 5.91 Å².